The third kappa shape index (κ3) is 3.90. The number of nitrogens with zero attached hydrogens (tertiary/aromatic N) is 3. The van der Waals surface area contributed by atoms with Crippen molar-refractivity contribution in [3.8, 4) is 0 Å². The zero-order chi connectivity index (χ0) is 18.6. The molecule has 6 nitrogen and oxygen atoms in total. The van der Waals surface area contributed by atoms with Gasteiger partial charge in [-0.2, -0.15) is 0 Å². The Morgan fingerprint density at radius 1 is 1.42 bits per heavy atom. The van der Waals surface area contributed by atoms with Crippen molar-refractivity contribution in [1.29, 1.82) is 0 Å². The number of aliphatic imine (C=N–C) groups is 1. The van der Waals surface area contributed by atoms with E-state index in [1.54, 1.807) is 0 Å². The summed E-state index contributed by atoms with van der Waals surface area (Å²) in [5.74, 6) is 2.52. The molecule has 2 aliphatic carbocycles. The van der Waals surface area contributed by atoms with E-state index in [2.05, 4.69) is 47.9 Å². The van der Waals surface area contributed by atoms with Gasteiger partial charge in [-0.05, 0) is 39.0 Å². The summed E-state index contributed by atoms with van der Waals surface area (Å²) in [7, 11) is 0. The minimum absolute atomic E-state index is 0.336. The molecule has 0 radical (unpaired) electrons. The van der Waals surface area contributed by atoms with Crippen LogP contribution in [0, 0.1) is 11.3 Å². The summed E-state index contributed by atoms with van der Waals surface area (Å²) in [5.41, 5.74) is 0.336. The van der Waals surface area contributed by atoms with E-state index in [0.29, 0.717) is 30.0 Å². The van der Waals surface area contributed by atoms with Crippen molar-refractivity contribution in [3.05, 3.63) is 18.2 Å². The smallest absolute Gasteiger partial charge is 0.191 e. The number of imidazole rings is 1. The van der Waals surface area contributed by atoms with Gasteiger partial charge in [0.2, 0.25) is 0 Å². The van der Waals surface area contributed by atoms with E-state index in [1.165, 1.54) is 19.3 Å². The van der Waals surface area contributed by atoms with Crippen LogP contribution in [0.25, 0.3) is 0 Å². The van der Waals surface area contributed by atoms with Gasteiger partial charge in [-0.3, -0.25) is 0 Å². The fourth-order valence-electron chi connectivity index (χ4n) is 4.33. The summed E-state index contributed by atoms with van der Waals surface area (Å²) in [6.07, 6.45) is 9.29. The molecule has 26 heavy (non-hydrogen) atoms. The van der Waals surface area contributed by atoms with Crippen molar-refractivity contribution < 1.29 is 4.74 Å². The Bertz CT molecular complexity index is 605. The molecular weight excluding hydrogens is 326 g/mol. The molecule has 0 amide bonds. The number of guanidine groups is 1. The number of rotatable bonds is 8. The van der Waals surface area contributed by atoms with Gasteiger partial charge in [-0.15, -0.1) is 0 Å². The van der Waals surface area contributed by atoms with Crippen molar-refractivity contribution in [2.45, 2.75) is 78.6 Å². The lowest BCUT2D eigenvalue weighted by Gasteiger charge is -2.61. The second-order valence-electron chi connectivity index (χ2n) is 8.05. The quantitative estimate of drug-likeness (QED) is 0.552. The number of hydrogen-bond donors (Lipinski definition) is 2. The molecule has 1 spiro atoms. The Morgan fingerprint density at radius 2 is 2.23 bits per heavy atom. The molecule has 146 valence electrons. The summed E-state index contributed by atoms with van der Waals surface area (Å²) in [5, 5.41) is 7.08. The fraction of sp³-hybridized carbons (Fsp3) is 0.800. The van der Waals surface area contributed by atoms with Crippen molar-refractivity contribution >= 4 is 5.96 Å². The van der Waals surface area contributed by atoms with Crippen molar-refractivity contribution in [2.75, 3.05) is 13.2 Å². The predicted molar refractivity (Wildman–Crippen MR) is 105 cm³/mol. The first-order chi connectivity index (χ1) is 12.6. The minimum atomic E-state index is 0.336. The molecule has 0 aliphatic heterocycles. The summed E-state index contributed by atoms with van der Waals surface area (Å²) < 4.78 is 8.17. The molecule has 3 rings (SSSR count). The highest BCUT2D eigenvalue weighted by Gasteiger charge is 2.59. The first-order valence-corrected chi connectivity index (χ1v) is 10.3. The highest BCUT2D eigenvalue weighted by atomic mass is 16.5. The SMILES string of the molecule is CCNC(=NCc1nccn1CC(C)C)NC1CC(OCC)C12CCC2. The van der Waals surface area contributed by atoms with Crippen LogP contribution in [0.15, 0.2) is 17.4 Å². The molecule has 1 aromatic heterocycles. The average molecular weight is 362 g/mol. The highest BCUT2D eigenvalue weighted by molar-refractivity contribution is 5.80. The lowest BCUT2D eigenvalue weighted by atomic mass is 9.51. The molecular formula is C20H35N5O. The van der Waals surface area contributed by atoms with Gasteiger partial charge in [0.25, 0.3) is 0 Å². The zero-order valence-electron chi connectivity index (χ0n) is 16.8. The maximum absolute atomic E-state index is 5.97. The maximum Gasteiger partial charge on any atom is 0.191 e. The Kier molecular flexibility index (Phi) is 6.22. The van der Waals surface area contributed by atoms with Crippen LogP contribution in [0.3, 0.4) is 0 Å². The molecule has 2 aliphatic rings. The molecule has 2 atom stereocenters. The van der Waals surface area contributed by atoms with Crippen LogP contribution >= 0.6 is 0 Å². The Balaban J connectivity index is 1.63. The topological polar surface area (TPSA) is 63.5 Å². The van der Waals surface area contributed by atoms with E-state index in [-0.39, 0.29) is 0 Å². The second-order valence-corrected chi connectivity index (χ2v) is 8.05. The van der Waals surface area contributed by atoms with Crippen LogP contribution < -0.4 is 10.6 Å². The van der Waals surface area contributed by atoms with Gasteiger partial charge in [0, 0.05) is 43.5 Å². The van der Waals surface area contributed by atoms with Crippen molar-refractivity contribution in [2.24, 2.45) is 16.3 Å². The number of aromatic nitrogens is 2. The van der Waals surface area contributed by atoms with Gasteiger partial charge in [-0.25, -0.2) is 9.98 Å². The molecule has 6 heteroatoms. The highest BCUT2D eigenvalue weighted by Crippen LogP contribution is 2.57. The summed E-state index contributed by atoms with van der Waals surface area (Å²) in [4.78, 5) is 9.30. The predicted octanol–water partition coefficient (Wildman–Crippen LogP) is 2.94. The standard InChI is InChI=1S/C20H35N5O/c1-5-21-19(23-13-18-22-10-11-25(18)14-15(3)4)24-16-12-17(26-6-2)20(16)8-7-9-20/h10-11,15-17H,5-9,12-14H2,1-4H3,(H2,21,23,24). The van der Waals surface area contributed by atoms with Gasteiger partial charge in [0.05, 0.1) is 6.10 Å². The molecule has 0 aromatic carbocycles. The van der Waals surface area contributed by atoms with Gasteiger partial charge < -0.3 is 19.9 Å². The number of nitrogens with one attached hydrogen (secondary N) is 2. The van der Waals surface area contributed by atoms with Gasteiger partial charge in [0.15, 0.2) is 5.96 Å². The molecule has 2 fully saturated rings. The lowest BCUT2D eigenvalue weighted by Crippen LogP contribution is -2.68. The normalized spacial score (nSPS) is 24.4. The summed E-state index contributed by atoms with van der Waals surface area (Å²) >= 11 is 0. The van der Waals surface area contributed by atoms with Crippen LogP contribution in [-0.2, 0) is 17.8 Å². The first kappa shape index (κ1) is 19.2. The zero-order valence-corrected chi connectivity index (χ0v) is 16.8. The van der Waals surface area contributed by atoms with Gasteiger partial charge in [-0.1, -0.05) is 20.3 Å². The third-order valence-corrected chi connectivity index (χ3v) is 5.83. The van der Waals surface area contributed by atoms with E-state index in [9.17, 15) is 0 Å². The Labute approximate surface area is 157 Å². The summed E-state index contributed by atoms with van der Waals surface area (Å²) in [6.45, 7) is 11.9. The van der Waals surface area contributed by atoms with E-state index in [0.717, 1.165) is 37.9 Å². The Hall–Kier alpha value is -1.56. The van der Waals surface area contributed by atoms with Crippen LogP contribution in [0.1, 0.15) is 59.2 Å². The maximum atomic E-state index is 5.97. The van der Waals surface area contributed by atoms with Crippen LogP contribution in [0.5, 0.6) is 0 Å². The lowest BCUT2D eigenvalue weighted by molar-refractivity contribution is -0.168. The minimum Gasteiger partial charge on any atom is -0.378 e. The average Bonchev–Trinajstić information content (AvgIpc) is 2.96. The number of hydrogen-bond acceptors (Lipinski definition) is 3. The van der Waals surface area contributed by atoms with Crippen LogP contribution in [-0.4, -0.2) is 40.8 Å². The molecule has 0 saturated heterocycles. The molecule has 1 aromatic rings. The molecule has 2 N–H and O–H groups in total. The third-order valence-electron chi connectivity index (χ3n) is 5.83. The summed E-state index contributed by atoms with van der Waals surface area (Å²) in [6, 6.07) is 0.473. The molecule has 2 saturated carbocycles. The van der Waals surface area contributed by atoms with E-state index < -0.39 is 0 Å². The van der Waals surface area contributed by atoms with E-state index in [1.807, 2.05) is 12.4 Å². The molecule has 2 unspecified atom stereocenters. The monoisotopic (exact) mass is 361 g/mol. The number of ether oxygens (including phenoxy) is 1. The van der Waals surface area contributed by atoms with Crippen molar-refractivity contribution in [1.82, 2.24) is 20.2 Å². The van der Waals surface area contributed by atoms with Gasteiger partial charge >= 0.3 is 0 Å². The van der Waals surface area contributed by atoms with Crippen molar-refractivity contribution in [3.63, 3.8) is 0 Å². The van der Waals surface area contributed by atoms with Crippen LogP contribution in [0.2, 0.25) is 0 Å². The first-order valence-electron chi connectivity index (χ1n) is 10.3. The van der Waals surface area contributed by atoms with Gasteiger partial charge in [0.1, 0.15) is 12.4 Å². The second kappa shape index (κ2) is 8.42. The molecule has 0 bridgehead atoms. The largest absolute Gasteiger partial charge is 0.378 e. The van der Waals surface area contributed by atoms with E-state index >= 15 is 0 Å². The van der Waals surface area contributed by atoms with Crippen LogP contribution in [0.4, 0.5) is 0 Å². The van der Waals surface area contributed by atoms with E-state index in [4.69, 9.17) is 9.73 Å². The fourth-order valence-corrected chi connectivity index (χ4v) is 4.33. The Morgan fingerprint density at radius 3 is 2.85 bits per heavy atom. The molecule has 1 heterocycles.